The summed E-state index contributed by atoms with van der Waals surface area (Å²) in [5.74, 6) is 0. The van der Waals surface area contributed by atoms with E-state index in [0.717, 1.165) is 6.07 Å². The van der Waals surface area contributed by atoms with Gasteiger partial charge in [0.15, 0.2) is 0 Å². The molecule has 7 heteroatoms. The van der Waals surface area contributed by atoms with Crippen LogP contribution in [0, 0.1) is 0 Å². The van der Waals surface area contributed by atoms with Gasteiger partial charge in [0.05, 0.1) is 12.7 Å². The average molecular weight is 362 g/mol. The zero-order chi connectivity index (χ0) is 19.5. The van der Waals surface area contributed by atoms with Gasteiger partial charge in [-0.05, 0) is 25.1 Å². The molecule has 1 rings (SSSR count). The van der Waals surface area contributed by atoms with Crippen molar-refractivity contribution in [1.82, 2.24) is 10.2 Å². The summed E-state index contributed by atoms with van der Waals surface area (Å²) in [5.41, 5.74) is -0.392. The van der Waals surface area contributed by atoms with Gasteiger partial charge in [0, 0.05) is 19.1 Å². The highest BCUT2D eigenvalue weighted by Crippen LogP contribution is 2.35. The van der Waals surface area contributed by atoms with E-state index in [4.69, 9.17) is 0 Å². The van der Waals surface area contributed by atoms with Crippen molar-refractivity contribution in [2.24, 2.45) is 0 Å². The summed E-state index contributed by atoms with van der Waals surface area (Å²) in [7, 11) is 1.26. The lowest BCUT2D eigenvalue weighted by molar-refractivity contribution is -0.138. The van der Waals surface area contributed by atoms with Crippen LogP contribution in [0.5, 0.6) is 0 Å². The quantitative estimate of drug-likeness (QED) is 0.786. The van der Waals surface area contributed by atoms with Crippen LogP contribution >= 0.6 is 0 Å². The first-order valence-electron chi connectivity index (χ1n) is 8.44. The predicted molar refractivity (Wildman–Crippen MR) is 93.5 cm³/mol. The van der Waals surface area contributed by atoms with Crippen LogP contribution in [-0.4, -0.2) is 37.7 Å². The van der Waals surface area contributed by atoms with Crippen molar-refractivity contribution in [3.05, 3.63) is 35.4 Å². The molecular formula is C18H29F3N2O2. The summed E-state index contributed by atoms with van der Waals surface area (Å²) in [6.07, 6.45) is -3.69. The lowest BCUT2D eigenvalue weighted by atomic mass is 10.00. The molecule has 144 valence electrons. The molecule has 1 N–H and O–H groups in total. The number of halogens is 3. The minimum Gasteiger partial charge on any atom is -0.453 e. The van der Waals surface area contributed by atoms with E-state index in [9.17, 15) is 18.0 Å². The first kappa shape index (κ1) is 23.2. The number of hydrogen-bond donors (Lipinski definition) is 1. The zero-order valence-electron chi connectivity index (χ0n) is 15.6. The van der Waals surface area contributed by atoms with E-state index < -0.39 is 23.9 Å². The molecule has 1 aromatic carbocycles. The van der Waals surface area contributed by atoms with Crippen LogP contribution in [-0.2, 0) is 10.9 Å². The number of carbonyl (C=O) groups is 1. The third-order valence-corrected chi connectivity index (χ3v) is 3.52. The minimum absolute atomic E-state index is 0.231. The Balaban J connectivity index is 0.00000178. The van der Waals surface area contributed by atoms with Gasteiger partial charge in [0.1, 0.15) is 0 Å². The molecular weight excluding hydrogens is 333 g/mol. The minimum atomic E-state index is -4.38. The topological polar surface area (TPSA) is 41.6 Å². The largest absolute Gasteiger partial charge is 0.453 e. The predicted octanol–water partition coefficient (Wildman–Crippen LogP) is 4.86. The van der Waals surface area contributed by atoms with Crippen LogP contribution in [0.15, 0.2) is 24.3 Å². The summed E-state index contributed by atoms with van der Waals surface area (Å²) >= 11 is 0. The maximum Gasteiger partial charge on any atom is 0.416 e. The number of amides is 1. The van der Waals surface area contributed by atoms with Crippen LogP contribution in [0.25, 0.3) is 0 Å². The normalized spacial score (nSPS) is 12.2. The standard InChI is InChI=1S/C15H21F3N2O2.C3H8/c1-4-20(10-9-19-14(21)22-3)11(2)12-7-5-6-8-13(12)15(16,17)18;1-3-2/h5-8,11H,4,9-10H2,1-3H3,(H,19,21);3H2,1-2H3/t11-;/m0./s1. The number of alkyl carbamates (subject to hydrolysis) is 1. The Morgan fingerprint density at radius 2 is 1.80 bits per heavy atom. The van der Waals surface area contributed by atoms with Gasteiger partial charge in [0.25, 0.3) is 0 Å². The van der Waals surface area contributed by atoms with Crippen LogP contribution < -0.4 is 5.32 Å². The molecule has 0 aromatic heterocycles. The van der Waals surface area contributed by atoms with Crippen molar-refractivity contribution in [3.8, 4) is 0 Å². The highest BCUT2D eigenvalue weighted by molar-refractivity contribution is 5.66. The highest BCUT2D eigenvalue weighted by Gasteiger charge is 2.34. The van der Waals surface area contributed by atoms with Crippen molar-refractivity contribution >= 4 is 6.09 Å². The Kier molecular flexibility index (Phi) is 10.9. The number of ether oxygens (including phenoxy) is 1. The Bertz CT molecular complexity index is 507. The van der Waals surface area contributed by atoms with Gasteiger partial charge in [-0.3, -0.25) is 4.90 Å². The fourth-order valence-electron chi connectivity index (χ4n) is 2.32. The molecule has 4 nitrogen and oxygen atoms in total. The number of nitrogens with one attached hydrogen (secondary N) is 1. The van der Waals surface area contributed by atoms with Gasteiger partial charge < -0.3 is 10.1 Å². The molecule has 0 spiro atoms. The molecule has 0 aliphatic carbocycles. The number of nitrogens with zero attached hydrogens (tertiary/aromatic N) is 1. The van der Waals surface area contributed by atoms with E-state index in [1.807, 2.05) is 11.8 Å². The summed E-state index contributed by atoms with van der Waals surface area (Å²) in [6, 6.07) is 5.15. The SMILES string of the molecule is CCC.CCN(CCNC(=O)OC)[C@@H](C)c1ccccc1C(F)(F)F. The van der Waals surface area contributed by atoms with E-state index in [1.54, 1.807) is 13.0 Å². The molecule has 1 amide bonds. The number of hydrogen-bond acceptors (Lipinski definition) is 3. The van der Waals surface area contributed by atoms with Gasteiger partial charge in [-0.2, -0.15) is 13.2 Å². The molecule has 0 saturated heterocycles. The second-order valence-corrected chi connectivity index (χ2v) is 5.52. The van der Waals surface area contributed by atoms with Crippen LogP contribution in [0.1, 0.15) is 51.3 Å². The van der Waals surface area contributed by atoms with E-state index >= 15 is 0 Å². The summed E-state index contributed by atoms with van der Waals surface area (Å²) < 4.78 is 43.7. The number of carbonyl (C=O) groups excluding carboxylic acids is 1. The maximum absolute atomic E-state index is 13.1. The lowest BCUT2D eigenvalue weighted by Crippen LogP contribution is -2.36. The van der Waals surface area contributed by atoms with E-state index in [2.05, 4.69) is 23.9 Å². The monoisotopic (exact) mass is 362 g/mol. The van der Waals surface area contributed by atoms with Gasteiger partial charge >= 0.3 is 12.3 Å². The van der Waals surface area contributed by atoms with Crippen molar-refractivity contribution in [2.75, 3.05) is 26.7 Å². The summed E-state index contributed by atoms with van der Waals surface area (Å²) in [4.78, 5) is 12.9. The molecule has 0 bridgehead atoms. The van der Waals surface area contributed by atoms with E-state index in [1.165, 1.54) is 25.7 Å². The number of rotatable bonds is 6. The van der Waals surface area contributed by atoms with Gasteiger partial charge in [-0.25, -0.2) is 4.79 Å². The second-order valence-electron chi connectivity index (χ2n) is 5.52. The third-order valence-electron chi connectivity index (χ3n) is 3.52. The van der Waals surface area contributed by atoms with Crippen molar-refractivity contribution in [1.29, 1.82) is 0 Å². The van der Waals surface area contributed by atoms with Crippen molar-refractivity contribution < 1.29 is 22.7 Å². The Labute approximate surface area is 148 Å². The Morgan fingerprint density at radius 1 is 1.24 bits per heavy atom. The maximum atomic E-state index is 13.1. The van der Waals surface area contributed by atoms with Crippen LogP contribution in [0.2, 0.25) is 0 Å². The Morgan fingerprint density at radius 3 is 2.28 bits per heavy atom. The molecule has 0 saturated carbocycles. The molecule has 25 heavy (non-hydrogen) atoms. The van der Waals surface area contributed by atoms with E-state index in [-0.39, 0.29) is 5.56 Å². The third kappa shape index (κ3) is 8.25. The fraction of sp³-hybridized carbons (Fsp3) is 0.611. The lowest BCUT2D eigenvalue weighted by Gasteiger charge is -2.30. The fourth-order valence-corrected chi connectivity index (χ4v) is 2.32. The average Bonchev–Trinajstić information content (AvgIpc) is 2.58. The first-order valence-corrected chi connectivity index (χ1v) is 8.44. The first-order chi connectivity index (χ1) is 11.7. The molecule has 0 unspecified atom stereocenters. The summed E-state index contributed by atoms with van der Waals surface area (Å²) in [6.45, 7) is 9.14. The summed E-state index contributed by atoms with van der Waals surface area (Å²) in [5, 5.41) is 2.52. The van der Waals surface area contributed by atoms with Gasteiger partial charge in [-0.15, -0.1) is 0 Å². The highest BCUT2D eigenvalue weighted by atomic mass is 19.4. The number of alkyl halides is 3. The molecule has 0 aliphatic rings. The van der Waals surface area contributed by atoms with Gasteiger partial charge in [-0.1, -0.05) is 45.4 Å². The molecule has 0 heterocycles. The van der Waals surface area contributed by atoms with Crippen LogP contribution in [0.3, 0.4) is 0 Å². The zero-order valence-corrected chi connectivity index (χ0v) is 15.6. The van der Waals surface area contributed by atoms with E-state index in [0.29, 0.717) is 19.6 Å². The van der Waals surface area contributed by atoms with Crippen molar-refractivity contribution in [3.63, 3.8) is 0 Å². The smallest absolute Gasteiger partial charge is 0.416 e. The van der Waals surface area contributed by atoms with Crippen molar-refractivity contribution in [2.45, 2.75) is 46.3 Å². The molecule has 0 aliphatic heterocycles. The van der Waals surface area contributed by atoms with Gasteiger partial charge in [0.2, 0.25) is 0 Å². The Hall–Kier alpha value is -1.76. The van der Waals surface area contributed by atoms with Crippen LogP contribution in [0.4, 0.5) is 18.0 Å². The molecule has 0 fully saturated rings. The number of methoxy groups -OCH3 is 1. The second kappa shape index (κ2) is 11.7. The molecule has 1 atom stereocenters. The molecule has 0 radical (unpaired) electrons. The number of benzene rings is 1. The number of likely N-dealkylation sites (N-methyl/N-ethyl adjacent to an activating group) is 1. The molecule has 1 aromatic rings.